The second kappa shape index (κ2) is 10.4. The molecule has 0 spiro atoms. The molecule has 1 aliphatic heterocycles. The van der Waals surface area contributed by atoms with Crippen LogP contribution in [0.2, 0.25) is 0 Å². The predicted molar refractivity (Wildman–Crippen MR) is 106 cm³/mol. The fourth-order valence-corrected chi connectivity index (χ4v) is 4.36. The Bertz CT molecular complexity index is 454. The van der Waals surface area contributed by atoms with E-state index in [1.54, 1.807) is 6.92 Å². The summed E-state index contributed by atoms with van der Waals surface area (Å²) in [5, 5.41) is 2.19. The molecule has 0 aromatic carbocycles. The van der Waals surface area contributed by atoms with Gasteiger partial charge in [0.25, 0.3) is 0 Å². The Morgan fingerprint density at radius 3 is 2.15 bits per heavy atom. The van der Waals surface area contributed by atoms with Gasteiger partial charge in [-0.05, 0) is 59.8 Å². The van der Waals surface area contributed by atoms with Crippen molar-refractivity contribution in [3.63, 3.8) is 0 Å². The maximum atomic E-state index is 11.6. The molecule has 0 aliphatic carbocycles. The van der Waals surface area contributed by atoms with E-state index in [1.807, 2.05) is 6.08 Å². The monoisotopic (exact) mass is 368 g/mol. The van der Waals surface area contributed by atoms with E-state index in [0.717, 1.165) is 25.9 Å². The van der Waals surface area contributed by atoms with Crippen molar-refractivity contribution in [2.45, 2.75) is 104 Å². The summed E-state index contributed by atoms with van der Waals surface area (Å²) in [7, 11) is 0. The SMILES string of the molecule is CCCCCCCCON1C(C)(C)CC(C=C(C)C(=O)ON)CC1(C)C. The minimum absolute atomic E-state index is 0.0992. The Labute approximate surface area is 160 Å². The van der Waals surface area contributed by atoms with Gasteiger partial charge in [0.05, 0.1) is 6.61 Å². The number of hydroxylamine groups is 2. The minimum atomic E-state index is -0.456. The first-order valence-corrected chi connectivity index (χ1v) is 10.2. The zero-order valence-corrected chi connectivity index (χ0v) is 17.8. The van der Waals surface area contributed by atoms with E-state index in [9.17, 15) is 4.79 Å². The molecule has 152 valence electrons. The van der Waals surface area contributed by atoms with Crippen LogP contribution >= 0.6 is 0 Å². The Hall–Kier alpha value is -0.910. The van der Waals surface area contributed by atoms with Gasteiger partial charge in [0.2, 0.25) is 0 Å². The molecule has 0 unspecified atom stereocenters. The average molecular weight is 369 g/mol. The number of unbranched alkanes of at least 4 members (excludes halogenated alkanes) is 5. The summed E-state index contributed by atoms with van der Waals surface area (Å²) >= 11 is 0. The summed E-state index contributed by atoms with van der Waals surface area (Å²) in [6, 6.07) is 0. The van der Waals surface area contributed by atoms with Crippen LogP contribution in [0, 0.1) is 5.92 Å². The first-order valence-electron chi connectivity index (χ1n) is 10.2. The van der Waals surface area contributed by atoms with Gasteiger partial charge in [-0.1, -0.05) is 45.1 Å². The summed E-state index contributed by atoms with van der Waals surface area (Å²) in [5.41, 5.74) is 0.376. The fourth-order valence-electron chi connectivity index (χ4n) is 4.36. The number of piperidine rings is 1. The molecule has 26 heavy (non-hydrogen) atoms. The molecule has 0 atom stereocenters. The molecule has 0 aromatic heterocycles. The highest BCUT2D eigenvalue weighted by atomic mass is 16.7. The molecule has 0 saturated carbocycles. The van der Waals surface area contributed by atoms with Crippen LogP contribution in [0.25, 0.3) is 0 Å². The lowest BCUT2D eigenvalue weighted by atomic mass is 9.75. The predicted octanol–water partition coefficient (Wildman–Crippen LogP) is 4.91. The number of carbonyl (C=O) groups excluding carboxylic acids is 1. The summed E-state index contributed by atoms with van der Waals surface area (Å²) < 4.78 is 0. The van der Waals surface area contributed by atoms with Crippen molar-refractivity contribution >= 4 is 5.97 Å². The maximum Gasteiger partial charge on any atom is 0.351 e. The van der Waals surface area contributed by atoms with Gasteiger partial charge < -0.3 is 4.84 Å². The van der Waals surface area contributed by atoms with E-state index in [-0.39, 0.29) is 11.1 Å². The quantitative estimate of drug-likeness (QED) is 0.337. The molecule has 1 heterocycles. The minimum Gasteiger partial charge on any atom is -0.370 e. The Morgan fingerprint density at radius 2 is 1.62 bits per heavy atom. The van der Waals surface area contributed by atoms with Crippen molar-refractivity contribution in [2.75, 3.05) is 6.61 Å². The molecule has 5 heteroatoms. The first kappa shape index (κ1) is 23.1. The van der Waals surface area contributed by atoms with Gasteiger partial charge in [-0.25, -0.2) is 4.79 Å². The summed E-state index contributed by atoms with van der Waals surface area (Å²) in [6.45, 7) is 13.6. The number of allylic oxidation sites excluding steroid dienone is 1. The van der Waals surface area contributed by atoms with Gasteiger partial charge >= 0.3 is 5.97 Å². The molecule has 1 saturated heterocycles. The van der Waals surface area contributed by atoms with E-state index in [4.69, 9.17) is 10.7 Å². The van der Waals surface area contributed by atoms with Crippen molar-refractivity contribution < 1.29 is 14.5 Å². The largest absolute Gasteiger partial charge is 0.370 e. The van der Waals surface area contributed by atoms with Crippen LogP contribution < -0.4 is 5.90 Å². The molecular weight excluding hydrogens is 328 g/mol. The van der Waals surface area contributed by atoms with E-state index in [0.29, 0.717) is 11.5 Å². The normalized spacial score (nSPS) is 21.0. The van der Waals surface area contributed by atoms with E-state index >= 15 is 0 Å². The van der Waals surface area contributed by atoms with Crippen LogP contribution in [0.1, 0.15) is 92.9 Å². The zero-order valence-electron chi connectivity index (χ0n) is 17.8. The smallest absolute Gasteiger partial charge is 0.351 e. The molecular formula is C21H40N2O3. The zero-order chi connectivity index (χ0) is 19.8. The Morgan fingerprint density at radius 1 is 1.08 bits per heavy atom. The van der Waals surface area contributed by atoms with Gasteiger partial charge in [0.1, 0.15) is 0 Å². The van der Waals surface area contributed by atoms with Crippen molar-refractivity contribution in [1.82, 2.24) is 5.06 Å². The van der Waals surface area contributed by atoms with Crippen molar-refractivity contribution in [3.05, 3.63) is 11.6 Å². The number of nitrogens with zero attached hydrogens (tertiary/aromatic N) is 1. The molecule has 5 nitrogen and oxygen atoms in total. The van der Waals surface area contributed by atoms with Crippen molar-refractivity contribution in [1.29, 1.82) is 0 Å². The van der Waals surface area contributed by atoms with Crippen LogP contribution in [0.3, 0.4) is 0 Å². The van der Waals surface area contributed by atoms with Gasteiger partial charge in [0.15, 0.2) is 0 Å². The lowest BCUT2D eigenvalue weighted by Gasteiger charge is -2.53. The highest BCUT2D eigenvalue weighted by molar-refractivity contribution is 5.87. The highest BCUT2D eigenvalue weighted by Crippen LogP contribution is 2.42. The van der Waals surface area contributed by atoms with Gasteiger partial charge in [-0.3, -0.25) is 4.84 Å². The van der Waals surface area contributed by atoms with E-state index in [1.165, 1.54) is 32.1 Å². The molecule has 2 N–H and O–H groups in total. The van der Waals surface area contributed by atoms with E-state index < -0.39 is 5.97 Å². The summed E-state index contributed by atoms with van der Waals surface area (Å²) in [5.74, 6) is 4.84. The number of hydrogen-bond donors (Lipinski definition) is 1. The van der Waals surface area contributed by atoms with Gasteiger partial charge in [0, 0.05) is 16.7 Å². The van der Waals surface area contributed by atoms with Crippen molar-refractivity contribution in [2.24, 2.45) is 11.8 Å². The molecule has 1 fully saturated rings. The van der Waals surface area contributed by atoms with Crippen LogP contribution in [-0.2, 0) is 14.5 Å². The number of carbonyl (C=O) groups is 1. The Kier molecular flexibility index (Phi) is 9.28. The Balaban J connectivity index is 2.60. The van der Waals surface area contributed by atoms with Crippen LogP contribution in [0.5, 0.6) is 0 Å². The highest BCUT2D eigenvalue weighted by Gasteiger charge is 2.46. The van der Waals surface area contributed by atoms with Crippen LogP contribution in [0.4, 0.5) is 0 Å². The molecule has 0 bridgehead atoms. The second-order valence-corrected chi connectivity index (χ2v) is 8.94. The third-order valence-electron chi connectivity index (χ3n) is 5.26. The number of hydrogen-bond acceptors (Lipinski definition) is 5. The lowest BCUT2D eigenvalue weighted by Crippen LogP contribution is -2.60. The van der Waals surface area contributed by atoms with Gasteiger partial charge in [-0.15, -0.1) is 0 Å². The van der Waals surface area contributed by atoms with Crippen molar-refractivity contribution in [3.8, 4) is 0 Å². The van der Waals surface area contributed by atoms with Crippen LogP contribution in [0.15, 0.2) is 11.6 Å². The molecule has 1 rings (SSSR count). The third-order valence-corrected chi connectivity index (χ3v) is 5.26. The molecule has 0 radical (unpaired) electrons. The lowest BCUT2D eigenvalue weighted by molar-refractivity contribution is -0.285. The topological polar surface area (TPSA) is 64.8 Å². The number of nitrogens with two attached hydrogens (primary N) is 1. The van der Waals surface area contributed by atoms with Gasteiger partial charge in [-0.2, -0.15) is 11.0 Å². The summed E-state index contributed by atoms with van der Waals surface area (Å²) in [6.07, 6.45) is 11.5. The fraction of sp³-hybridized carbons (Fsp3) is 0.857. The maximum absolute atomic E-state index is 11.6. The molecule has 1 aliphatic rings. The molecule has 0 aromatic rings. The van der Waals surface area contributed by atoms with E-state index in [2.05, 4.69) is 44.5 Å². The average Bonchev–Trinajstić information content (AvgIpc) is 2.54. The number of rotatable bonds is 10. The molecule has 0 amide bonds. The standard InChI is InChI=1S/C21H40N2O3/c1-7-8-9-10-11-12-13-25-23-20(3,4)15-18(16-21(23,5)6)14-17(2)19(24)26-22/h14,18H,7-13,15-16,22H2,1-6H3. The summed E-state index contributed by atoms with van der Waals surface area (Å²) in [4.78, 5) is 22.2. The third kappa shape index (κ3) is 7.01. The first-order chi connectivity index (χ1) is 12.1. The van der Waals surface area contributed by atoms with Crippen LogP contribution in [-0.4, -0.2) is 28.7 Å². The second-order valence-electron chi connectivity index (χ2n) is 8.94.